The zero-order chi connectivity index (χ0) is 22.4. The molecule has 1 fully saturated rings. The van der Waals surface area contributed by atoms with Crippen molar-refractivity contribution in [1.82, 2.24) is 14.5 Å². The molecule has 0 radical (unpaired) electrons. The first-order valence-electron chi connectivity index (χ1n) is 10.0. The van der Waals surface area contributed by atoms with E-state index in [0.29, 0.717) is 23.6 Å². The first-order valence-corrected chi connectivity index (χ1v) is 11.2. The second kappa shape index (κ2) is 8.03. The van der Waals surface area contributed by atoms with Crippen molar-refractivity contribution < 1.29 is 14.1 Å². The lowest BCUT2D eigenvalue weighted by molar-refractivity contribution is -0.384. The summed E-state index contributed by atoms with van der Waals surface area (Å²) >= 11 is 7.71. The summed E-state index contributed by atoms with van der Waals surface area (Å²) in [6, 6.07) is 9.59. The van der Waals surface area contributed by atoms with Gasteiger partial charge in [0.2, 0.25) is 5.91 Å². The molecule has 0 atom stereocenters. The van der Waals surface area contributed by atoms with Gasteiger partial charge in [-0.25, -0.2) is 9.78 Å². The molecule has 2 aromatic carbocycles. The smallest absolute Gasteiger partial charge is 0.407 e. The minimum atomic E-state index is -0.711. The van der Waals surface area contributed by atoms with Crippen LogP contribution in [0.4, 0.5) is 5.69 Å². The van der Waals surface area contributed by atoms with E-state index in [0.717, 1.165) is 28.1 Å². The van der Waals surface area contributed by atoms with Gasteiger partial charge in [0.25, 0.3) is 5.69 Å². The van der Waals surface area contributed by atoms with Gasteiger partial charge in [-0.3, -0.25) is 19.5 Å². The van der Waals surface area contributed by atoms with Crippen molar-refractivity contribution >= 4 is 55.8 Å². The van der Waals surface area contributed by atoms with Gasteiger partial charge in [-0.05, 0) is 37.1 Å². The third-order valence-corrected chi connectivity index (χ3v) is 7.15. The van der Waals surface area contributed by atoms with Crippen LogP contribution in [0.2, 0.25) is 5.02 Å². The molecule has 164 valence electrons. The Labute approximate surface area is 190 Å². The van der Waals surface area contributed by atoms with E-state index in [1.54, 1.807) is 16.2 Å². The van der Waals surface area contributed by atoms with Gasteiger partial charge in [-0.1, -0.05) is 11.6 Å². The fourth-order valence-corrected chi connectivity index (χ4v) is 5.31. The van der Waals surface area contributed by atoms with E-state index in [1.807, 2.05) is 18.2 Å². The molecular weight excluding hydrogens is 456 g/mol. The Kier molecular flexibility index (Phi) is 5.18. The molecule has 1 amide bonds. The number of fused-ring (bicyclic) bond motifs is 2. The van der Waals surface area contributed by atoms with E-state index < -0.39 is 10.7 Å². The minimum Gasteiger partial charge on any atom is -0.407 e. The number of amides is 1. The number of hydrogen-bond donors (Lipinski definition) is 0. The monoisotopic (exact) mass is 472 g/mol. The van der Waals surface area contributed by atoms with Crippen molar-refractivity contribution in [2.45, 2.75) is 25.3 Å². The van der Waals surface area contributed by atoms with E-state index in [1.165, 1.54) is 22.8 Å². The number of oxazole rings is 1. The zero-order valence-electron chi connectivity index (χ0n) is 16.7. The number of thiazole rings is 1. The summed E-state index contributed by atoms with van der Waals surface area (Å²) in [6.07, 6.45) is 1.57. The van der Waals surface area contributed by atoms with Crippen molar-refractivity contribution in [3.63, 3.8) is 0 Å². The number of benzene rings is 2. The number of carbonyl (C=O) groups excluding carboxylic acids is 1. The highest BCUT2D eigenvalue weighted by Crippen LogP contribution is 2.34. The van der Waals surface area contributed by atoms with Crippen LogP contribution >= 0.6 is 22.9 Å². The lowest BCUT2D eigenvalue weighted by atomic mass is 9.97. The van der Waals surface area contributed by atoms with Gasteiger partial charge in [-0.15, -0.1) is 11.3 Å². The summed E-state index contributed by atoms with van der Waals surface area (Å²) in [5.41, 5.74) is 1.16. The minimum absolute atomic E-state index is 0.0895. The number of non-ortho nitro benzene ring substituents is 1. The van der Waals surface area contributed by atoms with Crippen molar-refractivity contribution in [1.29, 1.82) is 0 Å². The Morgan fingerprint density at radius 2 is 2.03 bits per heavy atom. The average Bonchev–Trinajstić information content (AvgIpc) is 3.33. The Morgan fingerprint density at radius 1 is 1.25 bits per heavy atom. The maximum Gasteiger partial charge on any atom is 0.420 e. The van der Waals surface area contributed by atoms with Gasteiger partial charge in [0.1, 0.15) is 6.54 Å². The Balaban J connectivity index is 1.28. The maximum atomic E-state index is 12.8. The molecule has 32 heavy (non-hydrogen) atoms. The molecule has 0 bridgehead atoms. The topological polar surface area (TPSA) is 111 Å². The number of nitro benzene ring substituents is 1. The number of rotatable bonds is 4. The standard InChI is InChI=1S/C21H17ClN4O5S/c22-13-1-4-18-15(9-13)23-20(32-18)12-5-7-24(8-6-12)19(27)11-25-16-3-2-14(26(29)30)10-17(16)31-21(25)28/h1-4,9-10,12H,5-8,11H2. The van der Waals surface area contributed by atoms with Crippen LogP contribution in [0.15, 0.2) is 45.6 Å². The highest BCUT2D eigenvalue weighted by molar-refractivity contribution is 7.18. The van der Waals surface area contributed by atoms with Crippen LogP contribution in [-0.4, -0.2) is 38.4 Å². The molecule has 3 heterocycles. The Bertz CT molecular complexity index is 1420. The molecule has 0 saturated carbocycles. The highest BCUT2D eigenvalue weighted by Gasteiger charge is 2.27. The Morgan fingerprint density at radius 3 is 2.78 bits per heavy atom. The molecule has 0 spiro atoms. The van der Waals surface area contributed by atoms with Crippen molar-refractivity contribution in [2.75, 3.05) is 13.1 Å². The SMILES string of the molecule is O=C(Cn1c(=O)oc2cc([N+](=O)[O-])ccc21)N1CCC(c2nc3cc(Cl)ccc3s2)CC1. The molecule has 1 saturated heterocycles. The van der Waals surface area contributed by atoms with Gasteiger partial charge in [0, 0.05) is 30.1 Å². The fraction of sp³-hybridized carbons (Fsp3) is 0.286. The predicted molar refractivity (Wildman–Crippen MR) is 120 cm³/mol. The quantitative estimate of drug-likeness (QED) is 0.325. The Hall–Kier alpha value is -3.24. The maximum absolute atomic E-state index is 12.8. The second-order valence-corrected chi connectivity index (χ2v) is 9.18. The van der Waals surface area contributed by atoms with Crippen molar-refractivity contribution in [2.24, 2.45) is 0 Å². The summed E-state index contributed by atoms with van der Waals surface area (Å²) in [7, 11) is 0. The van der Waals surface area contributed by atoms with Crippen LogP contribution in [0.5, 0.6) is 0 Å². The lowest BCUT2D eigenvalue weighted by Crippen LogP contribution is -2.40. The van der Waals surface area contributed by atoms with E-state index in [2.05, 4.69) is 0 Å². The average molecular weight is 473 g/mol. The number of aromatic nitrogens is 2. The summed E-state index contributed by atoms with van der Waals surface area (Å²) in [4.78, 5) is 41.9. The third-order valence-electron chi connectivity index (χ3n) is 5.72. The van der Waals surface area contributed by atoms with E-state index >= 15 is 0 Å². The molecule has 5 rings (SSSR count). The van der Waals surface area contributed by atoms with E-state index in [9.17, 15) is 19.7 Å². The number of nitro groups is 1. The van der Waals surface area contributed by atoms with Gasteiger partial charge >= 0.3 is 5.76 Å². The van der Waals surface area contributed by atoms with Crippen LogP contribution in [0.1, 0.15) is 23.8 Å². The summed E-state index contributed by atoms with van der Waals surface area (Å²) in [6.45, 7) is 0.959. The predicted octanol–water partition coefficient (Wildman–Crippen LogP) is 4.17. The van der Waals surface area contributed by atoms with Gasteiger partial charge in [-0.2, -0.15) is 0 Å². The number of halogens is 1. The van der Waals surface area contributed by atoms with Crippen LogP contribution in [-0.2, 0) is 11.3 Å². The fourth-order valence-electron chi connectivity index (χ4n) is 4.02. The van der Waals surface area contributed by atoms with Gasteiger partial charge in [0.05, 0.1) is 31.7 Å². The summed E-state index contributed by atoms with van der Waals surface area (Å²) in [5.74, 6) is -0.632. The van der Waals surface area contributed by atoms with Crippen LogP contribution in [0, 0.1) is 10.1 Å². The zero-order valence-corrected chi connectivity index (χ0v) is 18.3. The molecule has 9 nitrogen and oxygen atoms in total. The molecule has 2 aromatic heterocycles. The first kappa shape index (κ1) is 20.7. The number of carbonyl (C=O) groups is 1. The normalized spacial score (nSPS) is 15.0. The largest absolute Gasteiger partial charge is 0.420 e. The number of hydrogen-bond acceptors (Lipinski definition) is 7. The highest BCUT2D eigenvalue weighted by atomic mass is 35.5. The molecular formula is C21H17ClN4O5S. The van der Waals surface area contributed by atoms with Crippen molar-refractivity contribution in [3.8, 4) is 0 Å². The number of nitrogens with zero attached hydrogens (tertiary/aromatic N) is 4. The summed E-state index contributed by atoms with van der Waals surface area (Å²) < 4.78 is 7.41. The molecule has 0 unspecified atom stereocenters. The molecule has 0 N–H and O–H groups in total. The lowest BCUT2D eigenvalue weighted by Gasteiger charge is -2.31. The van der Waals surface area contributed by atoms with Crippen molar-refractivity contribution in [3.05, 3.63) is 67.1 Å². The molecule has 1 aliphatic rings. The third kappa shape index (κ3) is 3.76. The van der Waals surface area contributed by atoms with Gasteiger partial charge < -0.3 is 9.32 Å². The first-order chi connectivity index (χ1) is 15.4. The van der Waals surface area contributed by atoms with E-state index in [4.69, 9.17) is 21.0 Å². The van der Waals surface area contributed by atoms with Crippen LogP contribution in [0.25, 0.3) is 21.3 Å². The molecule has 1 aliphatic heterocycles. The summed E-state index contributed by atoms with van der Waals surface area (Å²) in [5, 5.41) is 12.6. The van der Waals surface area contributed by atoms with Crippen LogP contribution in [0.3, 0.4) is 0 Å². The number of piperidine rings is 1. The molecule has 11 heteroatoms. The van der Waals surface area contributed by atoms with E-state index in [-0.39, 0.29) is 29.6 Å². The number of likely N-dealkylation sites (tertiary alicyclic amines) is 1. The van der Waals surface area contributed by atoms with Gasteiger partial charge in [0.15, 0.2) is 5.58 Å². The van der Waals surface area contributed by atoms with Crippen LogP contribution < -0.4 is 5.76 Å². The second-order valence-electron chi connectivity index (χ2n) is 7.68. The molecule has 4 aromatic rings. The molecule has 0 aliphatic carbocycles.